The number of sulfone groups is 1. The molecule has 0 saturated carbocycles. The molecule has 2 atom stereocenters. The molecule has 17 heavy (non-hydrogen) atoms. The average molecular weight is 260 g/mol. The van der Waals surface area contributed by atoms with Crippen molar-refractivity contribution in [3.63, 3.8) is 0 Å². The molecule has 4 fully saturated rings. The van der Waals surface area contributed by atoms with Crippen LogP contribution in [0.2, 0.25) is 0 Å². The van der Waals surface area contributed by atoms with Gasteiger partial charge in [0.05, 0.1) is 22.6 Å². The maximum absolute atomic E-state index is 11.6. The fraction of sp³-hybridized carbons (Fsp3) is 1.00. The van der Waals surface area contributed by atoms with Crippen molar-refractivity contribution < 1.29 is 13.5 Å². The van der Waals surface area contributed by atoms with Crippen molar-refractivity contribution in [2.75, 3.05) is 31.1 Å². The van der Waals surface area contributed by atoms with Gasteiger partial charge in [-0.3, -0.25) is 0 Å². The highest BCUT2D eigenvalue weighted by Gasteiger charge is 2.60. The van der Waals surface area contributed by atoms with E-state index in [0.717, 1.165) is 25.9 Å². The van der Waals surface area contributed by atoms with Crippen LogP contribution in [-0.2, 0) is 9.84 Å². The molecule has 0 aliphatic carbocycles. The predicted molar refractivity (Wildman–Crippen MR) is 64.3 cm³/mol. The molecule has 0 spiro atoms. The minimum Gasteiger partial charge on any atom is -0.387 e. The maximum atomic E-state index is 11.6. The van der Waals surface area contributed by atoms with E-state index in [9.17, 15) is 13.5 Å². The van der Waals surface area contributed by atoms with Crippen molar-refractivity contribution in [2.45, 2.75) is 30.4 Å². The molecule has 4 saturated heterocycles. The highest BCUT2D eigenvalue weighted by Crippen LogP contribution is 2.44. The summed E-state index contributed by atoms with van der Waals surface area (Å²) in [5.41, 5.74) is 4.51. The number of fused-ring (bicyclic) bond motifs is 3. The SMILES string of the molecule is NC1(C2(O)CCS(=O)(=O)C2)CN2CCC1CC2. The number of hydrogen-bond acceptors (Lipinski definition) is 5. The Balaban J connectivity index is 1.93. The first-order valence-corrected chi connectivity index (χ1v) is 8.11. The number of nitrogens with two attached hydrogens (primary N) is 1. The van der Waals surface area contributed by atoms with Crippen LogP contribution < -0.4 is 5.73 Å². The van der Waals surface area contributed by atoms with Crippen molar-refractivity contribution >= 4 is 9.84 Å². The van der Waals surface area contributed by atoms with Crippen molar-refractivity contribution in [1.29, 1.82) is 0 Å². The van der Waals surface area contributed by atoms with Crippen LogP contribution >= 0.6 is 0 Å². The zero-order valence-corrected chi connectivity index (χ0v) is 10.7. The molecule has 5 nitrogen and oxygen atoms in total. The molecular formula is C11H20N2O3S. The molecular weight excluding hydrogens is 240 g/mol. The van der Waals surface area contributed by atoms with Gasteiger partial charge in [0, 0.05) is 6.54 Å². The number of aliphatic hydroxyl groups is 1. The van der Waals surface area contributed by atoms with Crippen molar-refractivity contribution in [3.05, 3.63) is 0 Å². The zero-order chi connectivity index (χ0) is 12.3. The molecule has 2 unspecified atom stereocenters. The Labute approximate surface area is 102 Å². The standard InChI is InChI=1S/C11H20N2O3S/c12-11(7-13-4-1-9(11)2-5-13)10(14)3-6-17(15,16)8-10/h9,14H,1-8,12H2. The van der Waals surface area contributed by atoms with Crippen LogP contribution in [0.15, 0.2) is 0 Å². The normalized spacial score (nSPS) is 52.8. The van der Waals surface area contributed by atoms with Crippen LogP contribution in [0, 0.1) is 5.92 Å². The van der Waals surface area contributed by atoms with Gasteiger partial charge in [-0.2, -0.15) is 0 Å². The lowest BCUT2D eigenvalue weighted by molar-refractivity contribution is -0.100. The van der Waals surface area contributed by atoms with Crippen molar-refractivity contribution in [2.24, 2.45) is 11.7 Å². The van der Waals surface area contributed by atoms with Gasteiger partial charge in [-0.25, -0.2) is 8.42 Å². The highest BCUT2D eigenvalue weighted by molar-refractivity contribution is 7.91. The highest BCUT2D eigenvalue weighted by atomic mass is 32.2. The first-order valence-electron chi connectivity index (χ1n) is 6.29. The molecule has 0 amide bonds. The summed E-state index contributed by atoms with van der Waals surface area (Å²) >= 11 is 0. The number of piperidine rings is 3. The Bertz CT molecular complexity index is 430. The molecule has 0 aromatic rings. The van der Waals surface area contributed by atoms with Gasteiger partial charge in [0.25, 0.3) is 0 Å². The fourth-order valence-corrected chi connectivity index (χ4v) is 5.77. The Kier molecular flexibility index (Phi) is 2.40. The number of hydrogen-bond donors (Lipinski definition) is 2. The van der Waals surface area contributed by atoms with Crippen LogP contribution in [0.1, 0.15) is 19.3 Å². The van der Waals surface area contributed by atoms with Crippen molar-refractivity contribution in [1.82, 2.24) is 4.90 Å². The minimum absolute atomic E-state index is 0.0785. The second-order valence-corrected chi connectivity index (χ2v) is 8.15. The van der Waals surface area contributed by atoms with Crippen LogP contribution in [0.5, 0.6) is 0 Å². The third-order valence-corrected chi connectivity index (χ3v) is 6.70. The van der Waals surface area contributed by atoms with E-state index >= 15 is 0 Å². The smallest absolute Gasteiger partial charge is 0.153 e. The maximum Gasteiger partial charge on any atom is 0.153 e. The van der Waals surface area contributed by atoms with Crippen LogP contribution in [0.25, 0.3) is 0 Å². The van der Waals surface area contributed by atoms with Gasteiger partial charge >= 0.3 is 0 Å². The van der Waals surface area contributed by atoms with E-state index in [0.29, 0.717) is 13.0 Å². The van der Waals surface area contributed by atoms with Gasteiger partial charge in [-0.1, -0.05) is 0 Å². The summed E-state index contributed by atoms with van der Waals surface area (Å²) in [6, 6.07) is 0. The van der Waals surface area contributed by atoms with Gasteiger partial charge in [-0.15, -0.1) is 0 Å². The third-order valence-electron chi connectivity index (χ3n) is 4.95. The lowest BCUT2D eigenvalue weighted by atomic mass is 9.64. The van der Waals surface area contributed by atoms with Crippen LogP contribution in [0.4, 0.5) is 0 Å². The van der Waals surface area contributed by atoms with Crippen molar-refractivity contribution in [3.8, 4) is 0 Å². The second kappa shape index (κ2) is 3.44. The Morgan fingerprint density at radius 3 is 2.35 bits per heavy atom. The summed E-state index contributed by atoms with van der Waals surface area (Å²) in [6.45, 7) is 2.71. The van der Waals surface area contributed by atoms with E-state index in [4.69, 9.17) is 5.73 Å². The summed E-state index contributed by atoms with van der Waals surface area (Å²) < 4.78 is 23.2. The van der Waals surface area contributed by atoms with Gasteiger partial charge in [0.1, 0.15) is 0 Å². The summed E-state index contributed by atoms with van der Waals surface area (Å²) in [5.74, 6) is 0.196. The summed E-state index contributed by atoms with van der Waals surface area (Å²) in [6.07, 6.45) is 2.27. The van der Waals surface area contributed by atoms with Gasteiger partial charge in [0.2, 0.25) is 0 Å². The molecule has 4 aliphatic rings. The molecule has 0 aromatic carbocycles. The Morgan fingerprint density at radius 2 is 1.94 bits per heavy atom. The average Bonchev–Trinajstić information content (AvgIpc) is 2.56. The van der Waals surface area contributed by atoms with Gasteiger partial charge < -0.3 is 15.7 Å². The zero-order valence-electron chi connectivity index (χ0n) is 9.93. The van der Waals surface area contributed by atoms with E-state index in [1.54, 1.807) is 0 Å². The molecule has 98 valence electrons. The van der Waals surface area contributed by atoms with Crippen LogP contribution in [0.3, 0.4) is 0 Å². The lowest BCUT2D eigenvalue weighted by Crippen LogP contribution is -2.74. The first-order chi connectivity index (χ1) is 7.85. The van der Waals surface area contributed by atoms with Gasteiger partial charge in [-0.05, 0) is 38.3 Å². The topological polar surface area (TPSA) is 83.6 Å². The molecule has 2 bridgehead atoms. The lowest BCUT2D eigenvalue weighted by Gasteiger charge is -2.56. The first kappa shape index (κ1) is 11.9. The van der Waals surface area contributed by atoms with E-state index in [1.165, 1.54) is 0 Å². The van der Waals surface area contributed by atoms with Gasteiger partial charge in [0.15, 0.2) is 9.84 Å². The second-order valence-electron chi connectivity index (χ2n) is 5.96. The quantitative estimate of drug-likeness (QED) is 0.629. The largest absolute Gasteiger partial charge is 0.387 e. The molecule has 3 N–H and O–H groups in total. The molecule has 4 aliphatic heterocycles. The number of nitrogens with zero attached hydrogens (tertiary/aromatic N) is 1. The summed E-state index contributed by atoms with van der Waals surface area (Å²) in [7, 11) is -3.11. The fourth-order valence-electron chi connectivity index (χ4n) is 3.83. The van der Waals surface area contributed by atoms with E-state index in [1.807, 2.05) is 0 Å². The predicted octanol–water partition coefficient (Wildman–Crippen LogP) is -1.04. The summed E-state index contributed by atoms with van der Waals surface area (Å²) in [4.78, 5) is 2.25. The molecule has 4 heterocycles. The van der Waals surface area contributed by atoms with Crippen LogP contribution in [-0.4, -0.2) is 60.7 Å². The number of rotatable bonds is 1. The molecule has 6 heteroatoms. The Hall–Kier alpha value is -0.170. The van der Waals surface area contributed by atoms with E-state index in [-0.39, 0.29) is 17.4 Å². The minimum atomic E-state index is -3.11. The molecule has 0 radical (unpaired) electrons. The molecule has 4 rings (SSSR count). The summed E-state index contributed by atoms with van der Waals surface area (Å²) in [5, 5.41) is 10.7. The molecule has 0 aromatic heterocycles. The third kappa shape index (κ3) is 1.65. The van der Waals surface area contributed by atoms with E-state index in [2.05, 4.69) is 4.90 Å². The monoisotopic (exact) mass is 260 g/mol. The van der Waals surface area contributed by atoms with E-state index < -0.39 is 21.0 Å². The Morgan fingerprint density at radius 1 is 1.29 bits per heavy atom.